The molecule has 1 aromatic heterocycles. The third kappa shape index (κ3) is 1.93. The summed E-state index contributed by atoms with van der Waals surface area (Å²) in [6.07, 6.45) is 1.16. The topological polar surface area (TPSA) is 42.4 Å². The number of nitrogens with zero attached hydrogens (tertiary/aromatic N) is 1. The van der Waals surface area contributed by atoms with E-state index in [1.807, 2.05) is 6.92 Å². The van der Waals surface area contributed by atoms with Crippen molar-refractivity contribution in [2.45, 2.75) is 19.4 Å². The van der Waals surface area contributed by atoms with Gasteiger partial charge in [0.25, 0.3) is 0 Å². The average Bonchev–Trinajstić information content (AvgIpc) is 2.89. The van der Waals surface area contributed by atoms with Gasteiger partial charge in [-0.05, 0) is 56.6 Å². The van der Waals surface area contributed by atoms with Gasteiger partial charge in [-0.15, -0.1) is 0 Å². The molecule has 2 unspecified atom stereocenters. The largest absolute Gasteiger partial charge is 0.461 e. The van der Waals surface area contributed by atoms with Crippen molar-refractivity contribution in [2.24, 2.45) is 11.7 Å². The number of hydrogen-bond acceptors (Lipinski definition) is 3. The Bertz CT molecular complexity index is 561. The number of nitrogens with two attached hydrogens (primary N) is 1. The maximum Gasteiger partial charge on any atom is 0.134 e. The number of benzene rings is 1. The summed E-state index contributed by atoms with van der Waals surface area (Å²) in [7, 11) is 2.19. The number of fused-ring (bicyclic) bond motifs is 1. The van der Waals surface area contributed by atoms with Gasteiger partial charge in [0, 0.05) is 18.0 Å². The van der Waals surface area contributed by atoms with Crippen molar-refractivity contribution in [1.82, 2.24) is 4.90 Å². The van der Waals surface area contributed by atoms with Crippen LogP contribution in [0.1, 0.15) is 23.8 Å². The molecule has 2 aromatic rings. The molecule has 2 N–H and O–H groups in total. The van der Waals surface area contributed by atoms with Gasteiger partial charge in [-0.2, -0.15) is 0 Å². The van der Waals surface area contributed by atoms with E-state index in [1.165, 1.54) is 10.9 Å². The molecule has 0 radical (unpaired) electrons. The van der Waals surface area contributed by atoms with Crippen molar-refractivity contribution in [1.29, 1.82) is 0 Å². The lowest BCUT2D eigenvalue weighted by Crippen LogP contribution is -2.20. The van der Waals surface area contributed by atoms with Crippen LogP contribution in [-0.2, 0) is 0 Å². The zero-order valence-electron chi connectivity index (χ0n) is 11.0. The summed E-state index contributed by atoms with van der Waals surface area (Å²) >= 11 is 0. The van der Waals surface area contributed by atoms with E-state index in [1.54, 1.807) is 0 Å². The van der Waals surface area contributed by atoms with E-state index in [9.17, 15) is 0 Å². The average molecular weight is 244 g/mol. The molecule has 1 aliphatic heterocycles. The highest BCUT2D eigenvalue weighted by atomic mass is 16.3. The van der Waals surface area contributed by atoms with E-state index < -0.39 is 0 Å². The number of furan rings is 1. The summed E-state index contributed by atoms with van der Waals surface area (Å²) < 4.78 is 5.62. The van der Waals surface area contributed by atoms with Gasteiger partial charge in [-0.1, -0.05) is 6.07 Å². The molecule has 1 fully saturated rings. The highest BCUT2D eigenvalue weighted by molar-refractivity contribution is 5.78. The molecule has 1 aliphatic rings. The molecule has 3 heteroatoms. The van der Waals surface area contributed by atoms with Gasteiger partial charge in [0.1, 0.15) is 11.3 Å². The normalized spacial score (nSPS) is 25.1. The number of hydrogen-bond donors (Lipinski definition) is 1. The van der Waals surface area contributed by atoms with Crippen LogP contribution in [0.3, 0.4) is 0 Å². The van der Waals surface area contributed by atoms with Crippen molar-refractivity contribution < 1.29 is 4.42 Å². The Morgan fingerprint density at radius 3 is 2.94 bits per heavy atom. The SMILES string of the molecule is Cc1cc2cc(C3CC(CN)CN3C)ccc2o1. The molecule has 3 rings (SSSR count). The smallest absolute Gasteiger partial charge is 0.134 e. The standard InChI is InChI=1S/C15H20N2O/c1-10-5-13-7-12(3-4-15(13)18-10)14-6-11(8-16)9-17(14)2/h3-5,7,11,14H,6,8-9,16H2,1-2H3. The minimum absolute atomic E-state index is 0.498. The van der Waals surface area contributed by atoms with Crippen LogP contribution in [0.15, 0.2) is 28.7 Å². The Kier molecular flexibility index (Phi) is 2.88. The Morgan fingerprint density at radius 2 is 2.22 bits per heavy atom. The van der Waals surface area contributed by atoms with Gasteiger partial charge < -0.3 is 10.2 Å². The molecule has 1 saturated heterocycles. The van der Waals surface area contributed by atoms with Crippen molar-refractivity contribution in [3.63, 3.8) is 0 Å². The molecule has 0 bridgehead atoms. The summed E-state index contributed by atoms with van der Waals surface area (Å²) in [6, 6.07) is 9.13. The van der Waals surface area contributed by atoms with E-state index in [0.29, 0.717) is 12.0 Å². The van der Waals surface area contributed by atoms with Crippen LogP contribution < -0.4 is 5.73 Å². The first-order valence-electron chi connectivity index (χ1n) is 6.58. The quantitative estimate of drug-likeness (QED) is 0.883. The fraction of sp³-hybridized carbons (Fsp3) is 0.467. The number of aryl methyl sites for hydroxylation is 1. The Labute approximate surface area is 108 Å². The maximum absolute atomic E-state index is 5.79. The summed E-state index contributed by atoms with van der Waals surface area (Å²) in [5.41, 5.74) is 8.14. The second-order valence-electron chi connectivity index (χ2n) is 5.45. The Hall–Kier alpha value is -1.32. The molecule has 0 saturated carbocycles. The second-order valence-corrected chi connectivity index (χ2v) is 5.45. The minimum Gasteiger partial charge on any atom is -0.461 e. The van der Waals surface area contributed by atoms with Crippen molar-refractivity contribution in [3.8, 4) is 0 Å². The van der Waals surface area contributed by atoms with Gasteiger partial charge in [0.05, 0.1) is 0 Å². The van der Waals surface area contributed by atoms with Crippen molar-refractivity contribution in [2.75, 3.05) is 20.1 Å². The van der Waals surface area contributed by atoms with Crippen LogP contribution in [-0.4, -0.2) is 25.0 Å². The molecule has 2 heterocycles. The van der Waals surface area contributed by atoms with Crippen LogP contribution >= 0.6 is 0 Å². The van der Waals surface area contributed by atoms with Crippen LogP contribution in [0.2, 0.25) is 0 Å². The molecule has 0 spiro atoms. The predicted octanol–water partition coefficient (Wildman–Crippen LogP) is 2.69. The molecule has 0 amide bonds. The van der Waals surface area contributed by atoms with E-state index in [4.69, 9.17) is 10.2 Å². The lowest BCUT2D eigenvalue weighted by molar-refractivity contribution is 0.314. The first-order valence-corrected chi connectivity index (χ1v) is 6.58. The monoisotopic (exact) mass is 244 g/mol. The number of rotatable bonds is 2. The lowest BCUT2D eigenvalue weighted by atomic mass is 9.99. The predicted molar refractivity (Wildman–Crippen MR) is 73.5 cm³/mol. The maximum atomic E-state index is 5.79. The molecular weight excluding hydrogens is 224 g/mol. The van der Waals surface area contributed by atoms with Crippen LogP contribution in [0.4, 0.5) is 0 Å². The van der Waals surface area contributed by atoms with Gasteiger partial charge >= 0.3 is 0 Å². The molecular formula is C15H20N2O. The van der Waals surface area contributed by atoms with Gasteiger partial charge in [-0.3, -0.25) is 4.90 Å². The fourth-order valence-electron chi connectivity index (χ4n) is 3.07. The molecule has 18 heavy (non-hydrogen) atoms. The fourth-order valence-corrected chi connectivity index (χ4v) is 3.07. The first-order chi connectivity index (χ1) is 8.67. The third-order valence-electron chi connectivity index (χ3n) is 4.02. The Morgan fingerprint density at radius 1 is 1.39 bits per heavy atom. The van der Waals surface area contributed by atoms with Crippen LogP contribution in [0.25, 0.3) is 11.0 Å². The molecule has 3 nitrogen and oxygen atoms in total. The highest BCUT2D eigenvalue weighted by Crippen LogP contribution is 2.35. The highest BCUT2D eigenvalue weighted by Gasteiger charge is 2.29. The molecule has 96 valence electrons. The summed E-state index contributed by atoms with van der Waals surface area (Å²) in [5, 5.41) is 1.20. The summed E-state index contributed by atoms with van der Waals surface area (Å²) in [4.78, 5) is 2.41. The molecule has 2 atom stereocenters. The summed E-state index contributed by atoms with van der Waals surface area (Å²) in [5.74, 6) is 1.60. The molecule has 1 aromatic carbocycles. The van der Waals surface area contributed by atoms with E-state index in [0.717, 1.165) is 30.9 Å². The van der Waals surface area contributed by atoms with Crippen LogP contribution in [0.5, 0.6) is 0 Å². The summed E-state index contributed by atoms with van der Waals surface area (Å²) in [6.45, 7) is 3.88. The second kappa shape index (κ2) is 4.41. The van der Waals surface area contributed by atoms with E-state index in [-0.39, 0.29) is 0 Å². The van der Waals surface area contributed by atoms with Crippen LogP contribution in [0, 0.1) is 12.8 Å². The van der Waals surface area contributed by atoms with Crippen molar-refractivity contribution >= 4 is 11.0 Å². The molecule has 0 aliphatic carbocycles. The van der Waals surface area contributed by atoms with Gasteiger partial charge in [0.2, 0.25) is 0 Å². The Balaban J connectivity index is 1.94. The zero-order chi connectivity index (χ0) is 12.7. The van der Waals surface area contributed by atoms with E-state index in [2.05, 4.69) is 36.2 Å². The number of likely N-dealkylation sites (tertiary alicyclic amines) is 1. The lowest BCUT2D eigenvalue weighted by Gasteiger charge is -2.19. The third-order valence-corrected chi connectivity index (χ3v) is 4.02. The van der Waals surface area contributed by atoms with Crippen molar-refractivity contribution in [3.05, 3.63) is 35.6 Å². The zero-order valence-corrected chi connectivity index (χ0v) is 11.0. The van der Waals surface area contributed by atoms with Gasteiger partial charge in [-0.25, -0.2) is 0 Å². The van der Waals surface area contributed by atoms with E-state index >= 15 is 0 Å². The van der Waals surface area contributed by atoms with Gasteiger partial charge in [0.15, 0.2) is 0 Å². The first kappa shape index (κ1) is 11.8. The minimum atomic E-state index is 0.498.